The van der Waals surface area contributed by atoms with Crippen molar-refractivity contribution in [2.24, 2.45) is 0 Å². The van der Waals surface area contributed by atoms with Crippen molar-refractivity contribution in [3.8, 4) is 5.75 Å². The number of phenols is 1. The van der Waals surface area contributed by atoms with Gasteiger partial charge in [0.1, 0.15) is 16.4 Å². The highest BCUT2D eigenvalue weighted by molar-refractivity contribution is 7.89. The molecule has 3 N–H and O–H groups in total. The summed E-state index contributed by atoms with van der Waals surface area (Å²) in [5.74, 6) is 1.31. The van der Waals surface area contributed by atoms with Gasteiger partial charge in [-0.05, 0) is 37.6 Å². The predicted molar refractivity (Wildman–Crippen MR) is 113 cm³/mol. The van der Waals surface area contributed by atoms with Crippen LogP contribution in [0, 0.1) is 6.92 Å². The van der Waals surface area contributed by atoms with Gasteiger partial charge >= 0.3 is 0 Å². The van der Waals surface area contributed by atoms with Crippen LogP contribution in [0.25, 0.3) is 0 Å². The quantitative estimate of drug-likeness (QED) is 0.345. The zero-order valence-corrected chi connectivity index (χ0v) is 18.5. The van der Waals surface area contributed by atoms with E-state index in [9.17, 15) is 18.1 Å². The molecule has 0 saturated heterocycles. The number of nitrogens with zero attached hydrogens (tertiary/aromatic N) is 3. The molecule has 3 aromatic rings. The van der Waals surface area contributed by atoms with Crippen LogP contribution in [0.15, 0.2) is 39.6 Å². The van der Waals surface area contributed by atoms with E-state index in [2.05, 4.69) is 19.4 Å². The van der Waals surface area contributed by atoms with Crippen LogP contribution in [0.1, 0.15) is 30.9 Å². The van der Waals surface area contributed by atoms with Gasteiger partial charge in [-0.25, -0.2) is 12.7 Å². The lowest BCUT2D eigenvalue weighted by Gasteiger charge is -2.16. The van der Waals surface area contributed by atoms with Gasteiger partial charge in [-0.15, -0.1) is 0 Å². The number of aromatic nitrogens is 2. The number of hydrogen-bond acceptors (Lipinski definition) is 9. The Morgan fingerprint density at radius 2 is 1.93 bits per heavy atom. The number of aryl methyl sites for hydroxylation is 1. The molecule has 0 aliphatic rings. The van der Waals surface area contributed by atoms with Crippen LogP contribution in [0.5, 0.6) is 5.75 Å². The van der Waals surface area contributed by atoms with E-state index in [1.165, 1.54) is 32.3 Å². The number of sulfonamides is 1. The Bertz CT molecular complexity index is 1140. The highest BCUT2D eigenvalue weighted by atomic mass is 32.2. The highest BCUT2D eigenvalue weighted by Crippen LogP contribution is 2.37. The zero-order valence-electron chi connectivity index (χ0n) is 16.9. The standard InChI is InChI=1S/C18H23N5O5S2/c1-5-12(14-10-9-11(2)28-14)19-17-18(22-29(25)21-17)20-13-7-6-8-15(16(13)24)30(26,27)23(3)4/h6-10,12,24H,5H2,1-4H3,(H,19,21)(H,20,22)/t12-,29?/m1/s1. The molecule has 0 aliphatic heterocycles. The van der Waals surface area contributed by atoms with Crippen LogP contribution in [-0.4, -0.2) is 45.2 Å². The summed E-state index contributed by atoms with van der Waals surface area (Å²) in [7, 11) is -1.12. The predicted octanol–water partition coefficient (Wildman–Crippen LogP) is 3.37. The number of hydrogen-bond donors (Lipinski definition) is 3. The molecule has 2 heterocycles. The second kappa shape index (κ2) is 8.60. The molecule has 162 valence electrons. The summed E-state index contributed by atoms with van der Waals surface area (Å²) in [5, 5.41) is 16.5. The van der Waals surface area contributed by atoms with Crippen molar-refractivity contribution < 1.29 is 22.5 Å². The van der Waals surface area contributed by atoms with Crippen molar-refractivity contribution in [1.82, 2.24) is 13.1 Å². The third-order valence-corrected chi connectivity index (χ3v) is 6.92. The van der Waals surface area contributed by atoms with E-state index < -0.39 is 26.9 Å². The Kier molecular flexibility index (Phi) is 6.31. The summed E-state index contributed by atoms with van der Waals surface area (Å²) in [6.07, 6.45) is 0.660. The van der Waals surface area contributed by atoms with E-state index in [-0.39, 0.29) is 28.3 Å². The first-order chi connectivity index (χ1) is 14.1. The van der Waals surface area contributed by atoms with Crippen LogP contribution in [0.3, 0.4) is 0 Å². The highest BCUT2D eigenvalue weighted by Gasteiger charge is 2.26. The molecule has 0 radical (unpaired) electrons. The number of para-hydroxylation sites is 1. The van der Waals surface area contributed by atoms with Gasteiger partial charge in [0, 0.05) is 22.8 Å². The van der Waals surface area contributed by atoms with Gasteiger partial charge in [-0.1, -0.05) is 13.0 Å². The fourth-order valence-electron chi connectivity index (χ4n) is 2.78. The minimum absolute atomic E-state index is 0.0898. The summed E-state index contributed by atoms with van der Waals surface area (Å²) in [6, 6.07) is 7.71. The fraction of sp³-hybridized carbons (Fsp3) is 0.333. The number of anilines is 3. The SMILES string of the molecule is CC[C@@H](Nc1n[s+]([O-])nc1Nc1cccc(S(=O)(=O)N(C)C)c1O)c1ccc(C)o1. The van der Waals surface area contributed by atoms with Gasteiger partial charge in [0.2, 0.25) is 21.7 Å². The molecular weight excluding hydrogens is 430 g/mol. The first kappa shape index (κ1) is 22.0. The van der Waals surface area contributed by atoms with E-state index in [4.69, 9.17) is 4.42 Å². The molecule has 1 unspecified atom stereocenters. The number of phenolic OH excluding ortho intramolecular Hbond substituents is 1. The van der Waals surface area contributed by atoms with Crippen molar-refractivity contribution in [2.45, 2.75) is 31.2 Å². The van der Waals surface area contributed by atoms with E-state index >= 15 is 0 Å². The molecular formula is C18H23N5O5S2. The Morgan fingerprint density at radius 1 is 1.23 bits per heavy atom. The minimum atomic E-state index is -3.86. The van der Waals surface area contributed by atoms with Gasteiger partial charge in [0.15, 0.2) is 16.9 Å². The largest absolute Gasteiger partial charge is 0.546 e. The summed E-state index contributed by atoms with van der Waals surface area (Å²) in [5.41, 5.74) is 0.0898. The number of nitrogens with one attached hydrogen (secondary N) is 2. The Hall–Kier alpha value is -2.67. The molecule has 0 fully saturated rings. The van der Waals surface area contributed by atoms with Crippen LogP contribution >= 0.6 is 11.1 Å². The topological polar surface area (TPSA) is 144 Å². The van der Waals surface area contributed by atoms with Crippen molar-refractivity contribution >= 4 is 38.5 Å². The summed E-state index contributed by atoms with van der Waals surface area (Å²) in [6.45, 7) is 3.79. The molecule has 30 heavy (non-hydrogen) atoms. The first-order valence-corrected chi connectivity index (χ1v) is 11.6. The number of furan rings is 1. The van der Waals surface area contributed by atoms with Crippen molar-refractivity contribution in [1.29, 1.82) is 0 Å². The molecule has 10 nitrogen and oxygen atoms in total. The van der Waals surface area contributed by atoms with Crippen molar-refractivity contribution in [2.75, 3.05) is 24.7 Å². The van der Waals surface area contributed by atoms with E-state index in [1.54, 1.807) is 0 Å². The summed E-state index contributed by atoms with van der Waals surface area (Å²) in [4.78, 5) is -0.263. The monoisotopic (exact) mass is 453 g/mol. The van der Waals surface area contributed by atoms with Crippen LogP contribution in [0.2, 0.25) is 0 Å². The normalized spacial score (nSPS) is 13.5. The van der Waals surface area contributed by atoms with Gasteiger partial charge < -0.3 is 24.7 Å². The molecule has 0 bridgehead atoms. The van der Waals surface area contributed by atoms with E-state index in [0.717, 1.165) is 10.1 Å². The Labute approximate surface area is 177 Å². The van der Waals surface area contributed by atoms with Crippen molar-refractivity contribution in [3.05, 3.63) is 41.9 Å². The molecule has 0 saturated carbocycles. The second-order valence-corrected chi connectivity index (χ2v) is 9.68. The van der Waals surface area contributed by atoms with Crippen LogP contribution in [-0.2, 0) is 10.0 Å². The molecule has 0 aliphatic carbocycles. The van der Waals surface area contributed by atoms with Gasteiger partial charge in [0.05, 0.1) is 11.7 Å². The molecule has 2 aromatic heterocycles. The van der Waals surface area contributed by atoms with Crippen LogP contribution < -0.4 is 10.6 Å². The van der Waals surface area contributed by atoms with Gasteiger partial charge in [0.25, 0.3) is 0 Å². The molecule has 1 aromatic carbocycles. The average Bonchev–Trinajstić information content (AvgIpc) is 3.26. The van der Waals surface area contributed by atoms with Gasteiger partial charge in [-0.2, -0.15) is 0 Å². The maximum atomic E-state index is 12.4. The molecule has 0 spiro atoms. The molecule has 12 heteroatoms. The third-order valence-electron chi connectivity index (χ3n) is 4.40. The number of aromatic hydroxyl groups is 1. The molecule has 0 amide bonds. The maximum absolute atomic E-state index is 12.4. The lowest BCUT2D eigenvalue weighted by Crippen LogP contribution is -2.22. The number of rotatable bonds is 8. The zero-order chi connectivity index (χ0) is 22.1. The van der Waals surface area contributed by atoms with Gasteiger partial charge in [-0.3, -0.25) is 0 Å². The van der Waals surface area contributed by atoms with E-state index in [0.29, 0.717) is 12.2 Å². The number of benzene rings is 1. The average molecular weight is 454 g/mol. The first-order valence-electron chi connectivity index (χ1n) is 9.07. The molecule has 3 rings (SSSR count). The Morgan fingerprint density at radius 3 is 2.53 bits per heavy atom. The minimum Gasteiger partial charge on any atom is -0.546 e. The van der Waals surface area contributed by atoms with Crippen LogP contribution in [0.4, 0.5) is 17.3 Å². The summed E-state index contributed by atoms with van der Waals surface area (Å²) < 4.78 is 51.3. The third kappa shape index (κ3) is 4.41. The fourth-order valence-corrected chi connectivity index (χ4v) is 4.40. The summed E-state index contributed by atoms with van der Waals surface area (Å²) >= 11 is -1.85. The smallest absolute Gasteiger partial charge is 0.246 e. The maximum Gasteiger partial charge on any atom is 0.246 e. The molecule has 2 atom stereocenters. The lowest BCUT2D eigenvalue weighted by molar-refractivity contribution is 0.452. The lowest BCUT2D eigenvalue weighted by atomic mass is 10.2. The second-order valence-electron chi connectivity index (χ2n) is 6.73. The Balaban J connectivity index is 1.92. The van der Waals surface area contributed by atoms with E-state index in [1.807, 2.05) is 26.0 Å². The van der Waals surface area contributed by atoms with Crippen molar-refractivity contribution in [3.63, 3.8) is 0 Å².